The van der Waals surface area contributed by atoms with Crippen LogP contribution in [-0.2, 0) is 4.79 Å². The Morgan fingerprint density at radius 2 is 2.00 bits per heavy atom. The van der Waals surface area contributed by atoms with E-state index in [0.29, 0.717) is 36.3 Å². The molecule has 1 aromatic carbocycles. The van der Waals surface area contributed by atoms with Crippen molar-refractivity contribution in [3.05, 3.63) is 29.8 Å². The van der Waals surface area contributed by atoms with Gasteiger partial charge in [0.1, 0.15) is 0 Å². The van der Waals surface area contributed by atoms with Crippen LogP contribution in [0.1, 0.15) is 50.4 Å². The van der Waals surface area contributed by atoms with E-state index in [4.69, 9.17) is 0 Å². The van der Waals surface area contributed by atoms with Gasteiger partial charge in [-0.25, -0.2) is 0 Å². The van der Waals surface area contributed by atoms with Gasteiger partial charge in [0.15, 0.2) is 0 Å². The first-order valence-electron chi connectivity index (χ1n) is 8.88. The second-order valence-electron chi connectivity index (χ2n) is 7.01. The van der Waals surface area contributed by atoms with Crippen LogP contribution >= 0.6 is 0 Å². The minimum Gasteiger partial charge on any atom is -0.352 e. The van der Waals surface area contributed by atoms with Crippen LogP contribution in [0.5, 0.6) is 0 Å². The van der Waals surface area contributed by atoms with E-state index in [1.54, 1.807) is 12.1 Å². The van der Waals surface area contributed by atoms with Gasteiger partial charge in [-0.2, -0.15) is 0 Å². The van der Waals surface area contributed by atoms with Crippen LogP contribution in [-0.4, -0.2) is 42.4 Å². The number of carbonyl (C=O) groups is 2. The average Bonchev–Trinajstić information content (AvgIpc) is 2.55. The van der Waals surface area contributed by atoms with E-state index in [0.717, 1.165) is 19.4 Å². The molecule has 0 aromatic heterocycles. The van der Waals surface area contributed by atoms with Crippen LogP contribution in [0.2, 0.25) is 0 Å². The van der Waals surface area contributed by atoms with E-state index in [1.165, 1.54) is 6.42 Å². The van der Waals surface area contributed by atoms with Crippen molar-refractivity contribution < 1.29 is 9.59 Å². The molecule has 1 heterocycles. The fourth-order valence-electron chi connectivity index (χ4n) is 2.95. The Balaban J connectivity index is 1.98. The number of rotatable bonds is 6. The molecule has 1 fully saturated rings. The Bertz CT molecular complexity index is 571. The summed E-state index contributed by atoms with van der Waals surface area (Å²) in [6.07, 6.45) is 3.52. The summed E-state index contributed by atoms with van der Waals surface area (Å²) in [7, 11) is 0. The Kier molecular flexibility index (Phi) is 6.79. The Hall–Kier alpha value is -1.88. The number of amides is 2. The van der Waals surface area contributed by atoms with Crippen molar-refractivity contribution in [3.63, 3.8) is 0 Å². The minimum atomic E-state index is -0.147. The molecule has 0 bridgehead atoms. The normalized spacial score (nSPS) is 18.4. The molecule has 1 aliphatic rings. The van der Waals surface area contributed by atoms with Crippen LogP contribution in [0.15, 0.2) is 24.3 Å². The molecule has 1 aromatic rings. The van der Waals surface area contributed by atoms with Crippen molar-refractivity contribution in [2.75, 3.05) is 25.0 Å². The molecule has 5 heteroatoms. The lowest BCUT2D eigenvalue weighted by molar-refractivity contribution is -0.118. The Morgan fingerprint density at radius 3 is 2.71 bits per heavy atom. The van der Waals surface area contributed by atoms with Gasteiger partial charge in [0.05, 0.1) is 17.8 Å². The highest BCUT2D eigenvalue weighted by atomic mass is 16.2. The number of hydrogen-bond acceptors (Lipinski definition) is 3. The molecule has 0 radical (unpaired) electrons. The van der Waals surface area contributed by atoms with E-state index in [1.807, 2.05) is 26.0 Å². The molecule has 0 aliphatic carbocycles. The van der Waals surface area contributed by atoms with Gasteiger partial charge in [-0.1, -0.05) is 32.4 Å². The van der Waals surface area contributed by atoms with Crippen molar-refractivity contribution in [3.8, 4) is 0 Å². The molecular formula is C19H29N3O2. The number of nitrogens with zero attached hydrogens (tertiary/aromatic N) is 1. The summed E-state index contributed by atoms with van der Waals surface area (Å²) < 4.78 is 0. The van der Waals surface area contributed by atoms with Gasteiger partial charge in [-0.15, -0.1) is 0 Å². The van der Waals surface area contributed by atoms with Gasteiger partial charge in [0, 0.05) is 12.6 Å². The summed E-state index contributed by atoms with van der Waals surface area (Å²) in [5, 5.41) is 5.81. The van der Waals surface area contributed by atoms with Crippen molar-refractivity contribution >= 4 is 17.5 Å². The summed E-state index contributed by atoms with van der Waals surface area (Å²) in [5.74, 6) is 0.176. The second-order valence-corrected chi connectivity index (χ2v) is 7.01. The molecule has 2 N–H and O–H groups in total. The number of carbonyl (C=O) groups excluding carboxylic acids is 2. The Labute approximate surface area is 144 Å². The largest absolute Gasteiger partial charge is 0.352 e. The summed E-state index contributed by atoms with van der Waals surface area (Å²) in [5.41, 5.74) is 1.09. The standard InChI is InChI=1S/C19H29N3O2/c1-14(2)12-20-19(24)16-9-4-5-10-17(16)21-18(23)13-22-11-7-6-8-15(22)3/h4-5,9-10,14-15H,6-8,11-13H2,1-3H3,(H,20,24)(H,21,23)/t15-/m1/s1. The van der Waals surface area contributed by atoms with Crippen LogP contribution in [0.25, 0.3) is 0 Å². The molecular weight excluding hydrogens is 302 g/mol. The highest BCUT2D eigenvalue weighted by molar-refractivity contribution is 6.04. The van der Waals surface area contributed by atoms with Crippen LogP contribution in [0.4, 0.5) is 5.69 Å². The van der Waals surface area contributed by atoms with Gasteiger partial charge < -0.3 is 10.6 Å². The smallest absolute Gasteiger partial charge is 0.253 e. The lowest BCUT2D eigenvalue weighted by atomic mass is 10.0. The zero-order valence-corrected chi connectivity index (χ0v) is 15.0. The SMILES string of the molecule is CC(C)CNC(=O)c1ccccc1NC(=O)CN1CCCC[C@H]1C. The molecule has 1 saturated heterocycles. The predicted molar refractivity (Wildman–Crippen MR) is 97.1 cm³/mol. The van der Waals surface area contributed by atoms with E-state index >= 15 is 0 Å². The Morgan fingerprint density at radius 1 is 1.25 bits per heavy atom. The zero-order valence-electron chi connectivity index (χ0n) is 15.0. The first-order valence-corrected chi connectivity index (χ1v) is 8.88. The van der Waals surface area contributed by atoms with Crippen molar-refractivity contribution in [2.24, 2.45) is 5.92 Å². The molecule has 2 amide bonds. The third-order valence-electron chi connectivity index (χ3n) is 4.40. The maximum Gasteiger partial charge on any atom is 0.253 e. The fraction of sp³-hybridized carbons (Fsp3) is 0.579. The number of likely N-dealkylation sites (tertiary alicyclic amines) is 1. The summed E-state index contributed by atoms with van der Waals surface area (Å²) in [6.45, 7) is 8.22. The topological polar surface area (TPSA) is 61.4 Å². The monoisotopic (exact) mass is 331 g/mol. The van der Waals surface area contributed by atoms with Crippen molar-refractivity contribution in [2.45, 2.75) is 46.1 Å². The molecule has 0 saturated carbocycles. The second kappa shape index (κ2) is 8.83. The van der Waals surface area contributed by atoms with Crippen molar-refractivity contribution in [1.82, 2.24) is 10.2 Å². The van der Waals surface area contributed by atoms with Crippen LogP contribution in [0, 0.1) is 5.92 Å². The van der Waals surface area contributed by atoms with Gasteiger partial charge in [-0.3, -0.25) is 14.5 Å². The molecule has 24 heavy (non-hydrogen) atoms. The molecule has 1 atom stereocenters. The highest BCUT2D eigenvalue weighted by Gasteiger charge is 2.21. The summed E-state index contributed by atoms with van der Waals surface area (Å²) >= 11 is 0. The van der Waals surface area contributed by atoms with Gasteiger partial charge in [-0.05, 0) is 44.4 Å². The first-order chi connectivity index (χ1) is 11.5. The minimum absolute atomic E-state index is 0.0622. The molecule has 132 valence electrons. The van der Waals surface area contributed by atoms with E-state index in [2.05, 4.69) is 22.5 Å². The fourth-order valence-corrected chi connectivity index (χ4v) is 2.95. The maximum absolute atomic E-state index is 12.4. The lowest BCUT2D eigenvalue weighted by Gasteiger charge is -2.32. The summed E-state index contributed by atoms with van der Waals surface area (Å²) in [6, 6.07) is 7.61. The number of para-hydroxylation sites is 1. The summed E-state index contributed by atoms with van der Waals surface area (Å²) in [4.78, 5) is 26.9. The lowest BCUT2D eigenvalue weighted by Crippen LogP contribution is -2.42. The quantitative estimate of drug-likeness (QED) is 0.842. The van der Waals surface area contributed by atoms with Gasteiger partial charge >= 0.3 is 0 Å². The molecule has 0 spiro atoms. The van der Waals surface area contributed by atoms with E-state index in [-0.39, 0.29) is 11.8 Å². The highest BCUT2D eigenvalue weighted by Crippen LogP contribution is 2.18. The van der Waals surface area contributed by atoms with E-state index < -0.39 is 0 Å². The molecule has 0 unspecified atom stereocenters. The first kappa shape index (κ1) is 18.5. The zero-order chi connectivity index (χ0) is 17.5. The van der Waals surface area contributed by atoms with Crippen LogP contribution < -0.4 is 10.6 Å². The molecule has 5 nitrogen and oxygen atoms in total. The number of hydrogen-bond donors (Lipinski definition) is 2. The number of nitrogens with one attached hydrogen (secondary N) is 2. The number of anilines is 1. The number of benzene rings is 1. The van der Waals surface area contributed by atoms with Crippen molar-refractivity contribution in [1.29, 1.82) is 0 Å². The average molecular weight is 331 g/mol. The van der Waals surface area contributed by atoms with E-state index in [9.17, 15) is 9.59 Å². The molecule has 1 aliphatic heterocycles. The predicted octanol–water partition coefficient (Wildman–Crippen LogP) is 2.89. The van der Waals surface area contributed by atoms with Gasteiger partial charge in [0.2, 0.25) is 5.91 Å². The van der Waals surface area contributed by atoms with Gasteiger partial charge in [0.25, 0.3) is 5.91 Å². The number of piperidine rings is 1. The van der Waals surface area contributed by atoms with Crippen LogP contribution in [0.3, 0.4) is 0 Å². The maximum atomic E-state index is 12.4. The molecule has 2 rings (SSSR count). The third-order valence-corrected chi connectivity index (χ3v) is 4.40. The third kappa shape index (κ3) is 5.34.